The van der Waals surface area contributed by atoms with E-state index >= 15 is 0 Å². The summed E-state index contributed by atoms with van der Waals surface area (Å²) in [4.78, 5) is 21.9. The summed E-state index contributed by atoms with van der Waals surface area (Å²) < 4.78 is 6.39. The smallest absolute Gasteiger partial charge is 0.254 e. The van der Waals surface area contributed by atoms with E-state index in [0.717, 1.165) is 62.7 Å². The predicted molar refractivity (Wildman–Crippen MR) is 107 cm³/mol. The van der Waals surface area contributed by atoms with Gasteiger partial charge in [-0.15, -0.1) is 0 Å². The molecule has 2 aliphatic heterocycles. The van der Waals surface area contributed by atoms with Gasteiger partial charge in [0.05, 0.1) is 12.2 Å². The standard InChI is InChI=1S/C22H33N3O2/c1-2-3-7-19-15-25(16-20(27-19)17-8-9-17)21-14-18(10-11-23-21)22(26)24-12-5-4-6-13-24/h10-11,14,17,19-20H,2-9,12-13,15-16H2,1H3/t19-,20-/m1/s1. The van der Waals surface area contributed by atoms with E-state index in [1.165, 1.54) is 32.1 Å². The molecular weight excluding hydrogens is 338 g/mol. The van der Waals surface area contributed by atoms with Crippen LogP contribution in [0.15, 0.2) is 18.3 Å². The number of likely N-dealkylation sites (tertiary alicyclic amines) is 1. The highest BCUT2D eigenvalue weighted by Gasteiger charge is 2.38. The molecule has 0 spiro atoms. The summed E-state index contributed by atoms with van der Waals surface area (Å²) in [6.07, 6.45) is 12.0. The van der Waals surface area contributed by atoms with E-state index in [-0.39, 0.29) is 12.0 Å². The molecule has 5 heteroatoms. The lowest BCUT2D eigenvalue weighted by molar-refractivity contribution is -0.0411. The van der Waals surface area contributed by atoms with Crippen molar-refractivity contribution < 1.29 is 9.53 Å². The molecule has 27 heavy (non-hydrogen) atoms. The van der Waals surface area contributed by atoms with E-state index in [4.69, 9.17) is 4.74 Å². The molecule has 0 aromatic carbocycles. The highest BCUT2D eigenvalue weighted by atomic mass is 16.5. The zero-order valence-electron chi connectivity index (χ0n) is 16.6. The van der Waals surface area contributed by atoms with Gasteiger partial charge in [0.25, 0.3) is 5.91 Å². The molecule has 0 bridgehead atoms. The van der Waals surface area contributed by atoms with Crippen molar-refractivity contribution in [3.05, 3.63) is 23.9 Å². The number of carbonyl (C=O) groups excluding carboxylic acids is 1. The molecule has 2 saturated heterocycles. The van der Waals surface area contributed by atoms with Crippen molar-refractivity contribution in [3.8, 4) is 0 Å². The van der Waals surface area contributed by atoms with Gasteiger partial charge in [0.15, 0.2) is 0 Å². The first-order valence-corrected chi connectivity index (χ1v) is 10.9. The van der Waals surface area contributed by atoms with Crippen LogP contribution in [0.4, 0.5) is 5.82 Å². The molecule has 148 valence electrons. The molecule has 3 aliphatic rings. The minimum atomic E-state index is 0.160. The molecule has 1 amide bonds. The summed E-state index contributed by atoms with van der Waals surface area (Å²) in [5.74, 6) is 1.82. The maximum atomic E-state index is 12.9. The molecule has 0 radical (unpaired) electrons. The Morgan fingerprint density at radius 3 is 2.78 bits per heavy atom. The third-order valence-corrected chi connectivity index (χ3v) is 6.18. The lowest BCUT2D eigenvalue weighted by Gasteiger charge is -2.39. The van der Waals surface area contributed by atoms with E-state index in [1.807, 2.05) is 17.0 Å². The van der Waals surface area contributed by atoms with Gasteiger partial charge in [0.2, 0.25) is 0 Å². The lowest BCUT2D eigenvalue weighted by atomic mass is 10.1. The van der Waals surface area contributed by atoms with Gasteiger partial charge in [-0.05, 0) is 56.6 Å². The Bertz CT molecular complexity index is 640. The molecule has 4 rings (SSSR count). The highest BCUT2D eigenvalue weighted by Crippen LogP contribution is 2.38. The monoisotopic (exact) mass is 371 g/mol. The number of rotatable bonds is 6. The minimum Gasteiger partial charge on any atom is -0.371 e. The van der Waals surface area contributed by atoms with Gasteiger partial charge in [-0.3, -0.25) is 4.79 Å². The molecule has 1 aromatic heterocycles. The van der Waals surface area contributed by atoms with Crippen LogP contribution in [0.25, 0.3) is 0 Å². The van der Waals surface area contributed by atoms with Gasteiger partial charge in [-0.25, -0.2) is 4.98 Å². The van der Waals surface area contributed by atoms with Crippen LogP contribution in [0.2, 0.25) is 0 Å². The maximum Gasteiger partial charge on any atom is 0.254 e. The number of morpholine rings is 1. The molecule has 5 nitrogen and oxygen atoms in total. The van der Waals surface area contributed by atoms with E-state index in [2.05, 4.69) is 16.8 Å². The number of hydrogen-bond acceptors (Lipinski definition) is 4. The van der Waals surface area contributed by atoms with Crippen molar-refractivity contribution in [1.29, 1.82) is 0 Å². The molecule has 0 N–H and O–H groups in total. The van der Waals surface area contributed by atoms with E-state index < -0.39 is 0 Å². The quantitative estimate of drug-likeness (QED) is 0.761. The Hall–Kier alpha value is -1.62. The summed E-state index contributed by atoms with van der Waals surface area (Å²) >= 11 is 0. The van der Waals surface area contributed by atoms with Crippen molar-refractivity contribution in [2.75, 3.05) is 31.1 Å². The molecule has 3 fully saturated rings. The fraction of sp³-hybridized carbons (Fsp3) is 0.727. The summed E-state index contributed by atoms with van der Waals surface area (Å²) in [6, 6.07) is 3.87. The summed E-state index contributed by atoms with van der Waals surface area (Å²) in [7, 11) is 0. The van der Waals surface area contributed by atoms with Crippen molar-refractivity contribution in [3.63, 3.8) is 0 Å². The van der Waals surface area contributed by atoms with Crippen molar-refractivity contribution >= 4 is 11.7 Å². The number of aromatic nitrogens is 1. The zero-order chi connectivity index (χ0) is 18.6. The van der Waals surface area contributed by atoms with Crippen molar-refractivity contribution in [2.45, 2.75) is 70.5 Å². The molecule has 0 unspecified atom stereocenters. The van der Waals surface area contributed by atoms with Crippen LogP contribution in [0.1, 0.15) is 68.6 Å². The second-order valence-corrected chi connectivity index (χ2v) is 8.44. The van der Waals surface area contributed by atoms with Gasteiger partial charge in [0.1, 0.15) is 5.82 Å². The van der Waals surface area contributed by atoms with Gasteiger partial charge in [-0.1, -0.05) is 19.8 Å². The Balaban J connectivity index is 1.48. The van der Waals surface area contributed by atoms with Crippen LogP contribution in [-0.2, 0) is 4.74 Å². The number of unbranched alkanes of at least 4 members (excludes halogenated alkanes) is 1. The van der Waals surface area contributed by atoms with Gasteiger partial charge < -0.3 is 14.5 Å². The summed E-state index contributed by atoms with van der Waals surface area (Å²) in [5, 5.41) is 0. The van der Waals surface area contributed by atoms with Crippen LogP contribution < -0.4 is 4.90 Å². The summed E-state index contributed by atoms with van der Waals surface area (Å²) in [6.45, 7) is 5.79. The van der Waals surface area contributed by atoms with E-state index in [9.17, 15) is 4.79 Å². The summed E-state index contributed by atoms with van der Waals surface area (Å²) in [5.41, 5.74) is 0.779. The molecule has 3 heterocycles. The highest BCUT2D eigenvalue weighted by molar-refractivity contribution is 5.94. The van der Waals surface area contributed by atoms with Crippen molar-refractivity contribution in [2.24, 2.45) is 5.92 Å². The molecule has 1 aliphatic carbocycles. The zero-order valence-corrected chi connectivity index (χ0v) is 16.6. The van der Waals surface area contributed by atoms with E-state index in [1.54, 1.807) is 6.20 Å². The average molecular weight is 372 g/mol. The first-order chi connectivity index (χ1) is 13.2. The third kappa shape index (κ3) is 4.63. The number of piperidine rings is 1. The minimum absolute atomic E-state index is 0.160. The molecule has 1 saturated carbocycles. The van der Waals surface area contributed by atoms with Crippen LogP contribution in [0.5, 0.6) is 0 Å². The number of carbonyl (C=O) groups is 1. The molecular formula is C22H33N3O2. The fourth-order valence-corrected chi connectivity index (χ4v) is 4.38. The Morgan fingerprint density at radius 1 is 1.22 bits per heavy atom. The normalized spacial score (nSPS) is 26.3. The van der Waals surface area contributed by atoms with Crippen LogP contribution in [0, 0.1) is 5.92 Å². The number of nitrogens with zero attached hydrogens (tertiary/aromatic N) is 3. The Labute approximate surface area is 163 Å². The third-order valence-electron chi connectivity index (χ3n) is 6.18. The fourth-order valence-electron chi connectivity index (χ4n) is 4.38. The number of hydrogen-bond donors (Lipinski definition) is 0. The topological polar surface area (TPSA) is 45.7 Å². The molecule has 2 atom stereocenters. The number of anilines is 1. The first-order valence-electron chi connectivity index (χ1n) is 10.9. The number of amides is 1. The first kappa shape index (κ1) is 18.7. The SMILES string of the molecule is CCCC[C@@H]1CN(c2cc(C(=O)N3CCCCC3)ccn2)C[C@H](C2CC2)O1. The average Bonchev–Trinajstić information content (AvgIpc) is 3.58. The maximum absolute atomic E-state index is 12.9. The van der Waals surface area contributed by atoms with Crippen LogP contribution in [-0.4, -0.2) is 54.2 Å². The van der Waals surface area contributed by atoms with Crippen LogP contribution >= 0.6 is 0 Å². The number of pyridine rings is 1. The Morgan fingerprint density at radius 2 is 2.04 bits per heavy atom. The van der Waals surface area contributed by atoms with Gasteiger partial charge in [0, 0.05) is 37.9 Å². The number of ether oxygens (including phenoxy) is 1. The van der Waals surface area contributed by atoms with Crippen LogP contribution in [0.3, 0.4) is 0 Å². The Kier molecular flexibility index (Phi) is 5.96. The largest absolute Gasteiger partial charge is 0.371 e. The van der Waals surface area contributed by atoms with Gasteiger partial charge in [-0.2, -0.15) is 0 Å². The van der Waals surface area contributed by atoms with Gasteiger partial charge >= 0.3 is 0 Å². The molecule has 1 aromatic rings. The second-order valence-electron chi connectivity index (χ2n) is 8.44. The van der Waals surface area contributed by atoms with E-state index in [0.29, 0.717) is 6.10 Å². The predicted octanol–water partition coefficient (Wildman–Crippen LogP) is 3.88. The lowest BCUT2D eigenvalue weighted by Crippen LogP contribution is -2.49. The van der Waals surface area contributed by atoms with Crippen molar-refractivity contribution in [1.82, 2.24) is 9.88 Å². The second kappa shape index (κ2) is 8.59.